The largest absolute Gasteiger partial charge is 0.494 e. The van der Waals surface area contributed by atoms with Crippen molar-refractivity contribution in [1.29, 1.82) is 0 Å². The Morgan fingerprint density at radius 1 is 1.02 bits per heavy atom. The highest BCUT2D eigenvalue weighted by Gasteiger charge is 2.43. The third-order valence-corrected chi connectivity index (χ3v) is 15.4. The predicted octanol–water partition coefficient (Wildman–Crippen LogP) is 7.60. The van der Waals surface area contributed by atoms with E-state index in [1.807, 2.05) is 23.6 Å². The second-order valence-corrected chi connectivity index (χ2v) is 19.4. The van der Waals surface area contributed by atoms with Gasteiger partial charge in [0.2, 0.25) is 10.0 Å². The molecule has 14 nitrogen and oxygen atoms in total. The maximum Gasteiger partial charge on any atom is 0.304 e. The first-order chi connectivity index (χ1) is 28.6. The van der Waals surface area contributed by atoms with Crippen LogP contribution in [-0.2, 0) is 33.2 Å². The molecule has 3 aromatic heterocycles. The summed E-state index contributed by atoms with van der Waals surface area (Å²) in [5.74, 6) is -1.00. The van der Waals surface area contributed by atoms with Crippen LogP contribution in [0.4, 0.5) is 0 Å². The summed E-state index contributed by atoms with van der Waals surface area (Å²) in [5.41, 5.74) is 6.45. The van der Waals surface area contributed by atoms with Crippen molar-refractivity contribution in [2.24, 2.45) is 18.0 Å². The molecule has 4 heterocycles. The summed E-state index contributed by atoms with van der Waals surface area (Å²) in [6, 6.07) is 15.3. The first-order valence-corrected chi connectivity index (χ1v) is 22.5. The number of ketones is 1. The standard InChI is InChI=1S/C42H42Cl2N8O6S2/c1-21-22(2)59-42-38(21)39(24-9-12-28(43)13-10-24)46-33(41-49-47-23(3)52(41)42)19-34(53)29-7-6-8-36(29)60(56,57)45-20-27-15-25(11-14-31(27)44)30(18-37(54)55)26-16-32-40(35(17-26)58-5)51(4)50-48-32/h9-17,29-30,33,36,45H,6-8,18-20H2,1-5H3,(H,54,55). The monoisotopic (exact) mass is 888 g/mol. The number of thiophene rings is 1. The summed E-state index contributed by atoms with van der Waals surface area (Å²) in [6.07, 6.45) is 0.951. The number of nitrogens with zero attached hydrogens (tertiary/aromatic N) is 7. The van der Waals surface area contributed by atoms with Gasteiger partial charge < -0.3 is 9.84 Å². The second kappa shape index (κ2) is 16.5. The van der Waals surface area contributed by atoms with E-state index >= 15 is 0 Å². The molecule has 0 saturated heterocycles. The lowest BCUT2D eigenvalue weighted by Gasteiger charge is -2.22. The van der Waals surface area contributed by atoms with Gasteiger partial charge in [0.15, 0.2) is 5.82 Å². The van der Waals surface area contributed by atoms with Gasteiger partial charge in [0.05, 0.1) is 24.5 Å². The van der Waals surface area contributed by atoms with Crippen LogP contribution in [0.1, 0.15) is 94.0 Å². The molecule has 3 aromatic carbocycles. The van der Waals surface area contributed by atoms with Crippen LogP contribution in [0, 0.1) is 26.7 Å². The maximum absolute atomic E-state index is 14.4. The van der Waals surface area contributed by atoms with Crippen LogP contribution >= 0.6 is 34.5 Å². The van der Waals surface area contributed by atoms with Crippen molar-refractivity contribution >= 4 is 73.1 Å². The van der Waals surface area contributed by atoms with E-state index in [-0.39, 0.29) is 25.2 Å². The SMILES string of the molecule is COc1cc(C(CC(=O)O)c2ccc(Cl)c(CNS(=O)(=O)C3CCCC3C(=O)CC3N=C(c4ccc(Cl)cc4)c4c(sc(C)c4C)-n4c(C)nnc43)c2)cc2nnn(C)c12. The summed E-state index contributed by atoms with van der Waals surface area (Å²) >= 11 is 14.5. The molecule has 0 amide bonds. The minimum Gasteiger partial charge on any atom is -0.494 e. The molecule has 2 aliphatic rings. The first-order valence-electron chi connectivity index (χ1n) is 19.4. The van der Waals surface area contributed by atoms with Gasteiger partial charge in [-0.1, -0.05) is 59.1 Å². The maximum atomic E-state index is 14.4. The Hall–Kier alpha value is -5.00. The average Bonchev–Trinajstić information content (AvgIpc) is 4.00. The molecule has 1 aliphatic heterocycles. The zero-order chi connectivity index (χ0) is 42.6. The Labute approximate surface area is 360 Å². The third kappa shape index (κ3) is 7.75. The van der Waals surface area contributed by atoms with Gasteiger partial charge in [-0.2, -0.15) is 0 Å². The van der Waals surface area contributed by atoms with Crippen LogP contribution in [0.3, 0.4) is 0 Å². The van der Waals surface area contributed by atoms with E-state index in [1.165, 1.54) is 7.11 Å². The van der Waals surface area contributed by atoms with Crippen LogP contribution in [-0.4, -0.2) is 73.1 Å². The summed E-state index contributed by atoms with van der Waals surface area (Å²) in [6.45, 7) is 5.81. The highest BCUT2D eigenvalue weighted by Crippen LogP contribution is 2.42. The van der Waals surface area contributed by atoms with Gasteiger partial charge in [0, 0.05) is 57.9 Å². The van der Waals surface area contributed by atoms with E-state index in [1.54, 1.807) is 65.5 Å². The molecule has 1 fully saturated rings. The van der Waals surface area contributed by atoms with Crippen LogP contribution in [0.2, 0.25) is 10.0 Å². The number of methoxy groups -OCH3 is 1. The average molecular weight is 890 g/mol. The number of aliphatic carboxylic acids is 1. The van der Waals surface area contributed by atoms with Gasteiger partial charge in [0.25, 0.3) is 0 Å². The molecule has 0 spiro atoms. The number of Topliss-reactive ketones (excluding diaryl/α,β-unsaturated/α-hetero) is 1. The number of rotatable bonds is 13. The number of aryl methyl sites for hydroxylation is 3. The van der Waals surface area contributed by atoms with E-state index in [9.17, 15) is 23.1 Å². The Balaban J connectivity index is 1.05. The number of carbonyl (C=O) groups excluding carboxylic acids is 1. The fourth-order valence-corrected chi connectivity index (χ4v) is 11.8. The van der Waals surface area contributed by atoms with Gasteiger partial charge in [-0.25, -0.2) is 17.8 Å². The number of carboxylic acid groups (broad SMARTS) is 1. The zero-order valence-corrected chi connectivity index (χ0v) is 36.6. The second-order valence-electron chi connectivity index (χ2n) is 15.3. The number of sulfonamides is 1. The predicted molar refractivity (Wildman–Crippen MR) is 230 cm³/mol. The summed E-state index contributed by atoms with van der Waals surface area (Å²) in [7, 11) is -0.791. The van der Waals surface area contributed by atoms with E-state index in [0.717, 1.165) is 26.6 Å². The number of benzene rings is 3. The molecule has 0 radical (unpaired) electrons. The number of nitrogens with one attached hydrogen (secondary N) is 1. The minimum atomic E-state index is -4.05. The van der Waals surface area contributed by atoms with Crippen molar-refractivity contribution in [2.75, 3.05) is 7.11 Å². The van der Waals surface area contributed by atoms with Crippen molar-refractivity contribution in [1.82, 2.24) is 34.5 Å². The normalized spacial score (nSPS) is 18.2. The number of carbonyl (C=O) groups is 2. The lowest BCUT2D eigenvalue weighted by Crippen LogP contribution is -2.39. The van der Waals surface area contributed by atoms with E-state index in [4.69, 9.17) is 32.9 Å². The fourth-order valence-electron chi connectivity index (χ4n) is 8.51. The summed E-state index contributed by atoms with van der Waals surface area (Å²) in [5, 5.41) is 28.0. The summed E-state index contributed by atoms with van der Waals surface area (Å²) < 4.78 is 40.2. The van der Waals surface area contributed by atoms with Crippen molar-refractivity contribution < 1.29 is 27.9 Å². The number of fused-ring (bicyclic) bond motifs is 4. The fraction of sp³-hybridized carbons (Fsp3) is 0.357. The van der Waals surface area contributed by atoms with Crippen LogP contribution in [0.15, 0.2) is 59.6 Å². The molecule has 312 valence electrons. The molecule has 60 heavy (non-hydrogen) atoms. The van der Waals surface area contributed by atoms with Crippen LogP contribution in [0.5, 0.6) is 5.75 Å². The van der Waals surface area contributed by atoms with E-state index < -0.39 is 39.1 Å². The van der Waals surface area contributed by atoms with Gasteiger partial charge in [-0.15, -0.1) is 26.6 Å². The Bertz CT molecular complexity index is 2820. The van der Waals surface area contributed by atoms with Crippen molar-refractivity contribution in [3.05, 3.63) is 115 Å². The number of hydrogen-bond acceptors (Lipinski definition) is 11. The van der Waals surface area contributed by atoms with Crippen LogP contribution in [0.25, 0.3) is 16.0 Å². The molecule has 0 bridgehead atoms. The molecule has 1 saturated carbocycles. The molecule has 2 N–H and O–H groups in total. The number of carboxylic acids is 1. The molecule has 8 rings (SSSR count). The number of hydrogen-bond donors (Lipinski definition) is 2. The Morgan fingerprint density at radius 2 is 1.78 bits per heavy atom. The van der Waals surface area contributed by atoms with Crippen molar-refractivity contribution in [3.8, 4) is 10.8 Å². The molecule has 4 atom stereocenters. The third-order valence-electron chi connectivity index (χ3n) is 11.6. The van der Waals surface area contributed by atoms with Crippen molar-refractivity contribution in [3.63, 3.8) is 0 Å². The van der Waals surface area contributed by atoms with Crippen LogP contribution < -0.4 is 9.46 Å². The molecule has 18 heteroatoms. The quantitative estimate of drug-likeness (QED) is 0.117. The van der Waals surface area contributed by atoms with Gasteiger partial charge in [-0.3, -0.25) is 19.1 Å². The number of aromatic nitrogens is 6. The van der Waals surface area contributed by atoms with Gasteiger partial charge in [0.1, 0.15) is 39.4 Å². The van der Waals surface area contributed by atoms with E-state index in [2.05, 4.69) is 39.1 Å². The molecular formula is C42H42Cl2N8O6S2. The highest BCUT2D eigenvalue weighted by molar-refractivity contribution is 7.90. The Kier molecular flexibility index (Phi) is 11.4. The topological polar surface area (TPSA) is 184 Å². The first kappa shape index (κ1) is 41.7. The lowest BCUT2D eigenvalue weighted by atomic mass is 9.87. The number of ether oxygens (including phenoxy) is 1. The molecule has 1 aliphatic carbocycles. The highest BCUT2D eigenvalue weighted by atomic mass is 35.5. The van der Waals surface area contributed by atoms with Gasteiger partial charge in [-0.05, 0) is 86.2 Å². The Morgan fingerprint density at radius 3 is 2.52 bits per heavy atom. The summed E-state index contributed by atoms with van der Waals surface area (Å²) in [4.78, 5) is 32.9. The molecule has 4 unspecified atom stereocenters. The minimum absolute atomic E-state index is 0.0666. The van der Waals surface area contributed by atoms with Gasteiger partial charge >= 0.3 is 5.97 Å². The number of aliphatic imine (C=N–C) groups is 1. The number of halogens is 2. The van der Waals surface area contributed by atoms with Crippen molar-refractivity contribution in [2.45, 2.75) is 76.6 Å². The zero-order valence-electron chi connectivity index (χ0n) is 33.4. The van der Waals surface area contributed by atoms with E-state index in [0.29, 0.717) is 80.1 Å². The molecular weight excluding hydrogens is 848 g/mol. The lowest BCUT2D eigenvalue weighted by molar-refractivity contribution is -0.137. The smallest absolute Gasteiger partial charge is 0.304 e. The molecule has 6 aromatic rings.